The van der Waals surface area contributed by atoms with Gasteiger partial charge >= 0.3 is 11.9 Å². The number of thioether (sulfide) groups is 1. The first-order valence-corrected chi connectivity index (χ1v) is 26.1. The third-order valence-electron chi connectivity index (χ3n) is 10.9. The van der Waals surface area contributed by atoms with Crippen LogP contribution < -0.4 is 33.2 Å². The number of carboxylic acids is 1. The molecule has 1 unspecified atom stereocenters. The summed E-state index contributed by atoms with van der Waals surface area (Å²) in [5, 5.41) is 27.3. The summed E-state index contributed by atoms with van der Waals surface area (Å²) in [6, 6.07) is -4.13. The van der Waals surface area contributed by atoms with Gasteiger partial charge < -0.3 is 66.2 Å². The first-order chi connectivity index (χ1) is 33.8. The van der Waals surface area contributed by atoms with Crippen molar-refractivity contribution in [3.8, 4) is 0 Å². The van der Waals surface area contributed by atoms with Crippen LogP contribution in [0.3, 0.4) is 0 Å². The van der Waals surface area contributed by atoms with Crippen molar-refractivity contribution in [3.63, 3.8) is 0 Å². The van der Waals surface area contributed by atoms with E-state index in [2.05, 4.69) is 22.9 Å². The minimum Gasteiger partial charge on any atom is -0.481 e. The van der Waals surface area contributed by atoms with Crippen molar-refractivity contribution in [2.45, 2.75) is 175 Å². The number of aliphatic carboxylic acids is 1. The maximum Gasteiger partial charge on any atom is 0.306 e. The van der Waals surface area contributed by atoms with Gasteiger partial charge in [-0.15, -0.1) is 12.4 Å². The maximum atomic E-state index is 14.0. The molecule has 21 nitrogen and oxygen atoms in total. The Kier molecular flexibility index (Phi) is 47.4. The van der Waals surface area contributed by atoms with Gasteiger partial charge in [-0.3, -0.25) is 52.7 Å². The van der Waals surface area contributed by atoms with E-state index in [9.17, 15) is 63.0 Å². The van der Waals surface area contributed by atoms with E-state index in [-0.39, 0.29) is 102 Å². The Morgan fingerprint density at radius 2 is 1.18 bits per heavy atom. The molecule has 0 aromatic rings. The van der Waals surface area contributed by atoms with Crippen LogP contribution >= 0.6 is 24.2 Å². The molecule has 24 heteroatoms. The molecule has 0 fully saturated rings. The Hall–Kier alpha value is -3.57. The van der Waals surface area contributed by atoms with E-state index >= 15 is 0 Å². The Bertz CT molecular complexity index is 1730. The van der Waals surface area contributed by atoms with Gasteiger partial charge in [0.1, 0.15) is 18.8 Å². The smallest absolute Gasteiger partial charge is 0.306 e. The molecule has 0 saturated heterocycles. The predicted octanol–water partition coefficient (Wildman–Crippen LogP) is 3.25. The number of nitrogens with one attached hydrogen (secondary N) is 3. The summed E-state index contributed by atoms with van der Waals surface area (Å²) in [6.07, 6.45) is 1.91. The summed E-state index contributed by atoms with van der Waals surface area (Å²) in [5.41, 5.74) is 16.3. The van der Waals surface area contributed by atoms with Crippen molar-refractivity contribution < 1.29 is 105 Å². The number of aliphatic hydroxyl groups is 1. The number of ketones is 3. The first-order valence-electron chi connectivity index (χ1n) is 24.9. The van der Waals surface area contributed by atoms with Gasteiger partial charge in [-0.25, -0.2) is 0 Å². The van der Waals surface area contributed by atoms with Gasteiger partial charge in [-0.1, -0.05) is 53.4 Å². The second kappa shape index (κ2) is 45.6. The SMILES string of the molecule is C[CH-]C.Cl.[CH2-]CC(=O)OC(COC(=O)CCCC(C)C)CSC[C@H](NC(=O)CCCC(C)C)C(=O)C[C@@H](CC(N)=O)C(=O)N[C@@H](CO)C(=O)C[C@@H](CCC(N)=O)C(=O)N[C@@H](C)C(=O)C[C@@H](CCCCN)C(=O)O.[Y]. The number of halogens is 1. The molecule has 0 rings (SSSR count). The molecule has 74 heavy (non-hydrogen) atoms. The number of unbranched alkanes of at least 4 members (excludes halogenated alkanes) is 1. The van der Waals surface area contributed by atoms with Gasteiger partial charge in [-0.05, 0) is 57.4 Å². The number of amides is 5. The molecule has 0 bridgehead atoms. The number of ether oxygens (including phenoxy) is 2. The molecule has 0 saturated carbocycles. The summed E-state index contributed by atoms with van der Waals surface area (Å²) in [4.78, 5) is 141. The third-order valence-corrected chi connectivity index (χ3v) is 12.1. The number of carbonyl (C=O) groups is 11. The fraction of sp³-hybridized carbons (Fsp3) is 0.740. The average Bonchev–Trinajstić information content (AvgIpc) is 3.29. The zero-order valence-corrected chi connectivity index (χ0v) is 49.1. The van der Waals surface area contributed by atoms with Crippen LogP contribution in [0.5, 0.6) is 0 Å². The van der Waals surface area contributed by atoms with Crippen LogP contribution in [0.1, 0.15) is 151 Å². The fourth-order valence-corrected chi connectivity index (χ4v) is 7.92. The van der Waals surface area contributed by atoms with Crippen molar-refractivity contribution in [3.05, 3.63) is 13.3 Å². The third kappa shape index (κ3) is 38.9. The van der Waals surface area contributed by atoms with Gasteiger partial charge in [0.05, 0.1) is 30.5 Å². The second-order valence-electron chi connectivity index (χ2n) is 18.7. The number of hydrogen-bond acceptors (Lipinski definition) is 16. The zero-order valence-electron chi connectivity index (χ0n) is 44.7. The normalized spacial score (nSPS) is 13.6. The Morgan fingerprint density at radius 1 is 0.635 bits per heavy atom. The Labute approximate surface area is 474 Å². The van der Waals surface area contributed by atoms with E-state index in [1.165, 1.54) is 6.92 Å². The molecule has 7 atom stereocenters. The molecule has 11 N–H and O–H groups in total. The number of hydrogen-bond donors (Lipinski definition) is 8. The molecule has 0 spiro atoms. The monoisotopic (exact) mass is 1170 g/mol. The molecule has 0 aliphatic carbocycles. The second-order valence-corrected chi connectivity index (χ2v) is 19.8. The topological polar surface area (TPSA) is 361 Å². The van der Waals surface area contributed by atoms with Crippen LogP contribution in [-0.4, -0.2) is 131 Å². The standard InChI is InChI=1S/C47H79N6O15S.C3H7.ClH.Y/c1-7-43(61)68-34(25-67-44(62)16-11-13-29(4)5)26-69-27-36(52-42(60)15-10-12-28(2)3)39(57)22-33(23-41(50)59)46(64)53-35(24-54)38(56)20-31(17-18-40(49)58)45(63)51-30(6)37(55)21-32(47(65)66)14-8-9-19-48;1-3-2;;/h28-36,54H,1,7-27,48H2,2-6H3,(H2,49,58)(H2,50,59)(H,51,63)(H,52,60)(H,53,64)(H,65,66);3H,1-2H3;1H;/q2*-1;;/t30-,31+,32+,33-,34?,35-,36-;;;/m0.../s1. The molecule has 0 aliphatic rings. The summed E-state index contributed by atoms with van der Waals surface area (Å²) >= 11 is 1.09. The van der Waals surface area contributed by atoms with Crippen LogP contribution in [0.4, 0.5) is 0 Å². The molecule has 5 amide bonds. The van der Waals surface area contributed by atoms with E-state index < -0.39 is 139 Å². The average molecular weight is 1170 g/mol. The predicted molar refractivity (Wildman–Crippen MR) is 279 cm³/mol. The van der Waals surface area contributed by atoms with Crippen molar-refractivity contribution in [1.29, 1.82) is 0 Å². The van der Waals surface area contributed by atoms with Crippen LogP contribution in [-0.2, 0) is 94.9 Å². The van der Waals surface area contributed by atoms with Gasteiger partial charge in [-0.2, -0.15) is 25.6 Å². The van der Waals surface area contributed by atoms with Crippen LogP contribution in [0.15, 0.2) is 0 Å². The quantitative estimate of drug-likeness (QED) is 0.0247. The van der Waals surface area contributed by atoms with E-state index in [1.54, 1.807) is 0 Å². The first kappa shape index (κ1) is 76.9. The summed E-state index contributed by atoms with van der Waals surface area (Å²) in [5.74, 6) is -11.9. The zero-order chi connectivity index (χ0) is 55.3. The molecular weight excluding hydrogens is 1080 g/mol. The van der Waals surface area contributed by atoms with Crippen molar-refractivity contribution in [2.24, 2.45) is 46.8 Å². The minimum atomic E-state index is -1.69. The van der Waals surface area contributed by atoms with Crippen LogP contribution in [0, 0.1) is 42.9 Å². The largest absolute Gasteiger partial charge is 0.481 e. The van der Waals surface area contributed by atoms with Crippen molar-refractivity contribution in [1.82, 2.24) is 16.0 Å². The number of nitrogens with two attached hydrogens (primary N) is 3. The number of esters is 2. The number of carbonyl (C=O) groups excluding carboxylic acids is 10. The number of rotatable bonds is 41. The Morgan fingerprint density at radius 3 is 1.69 bits per heavy atom. The molecule has 0 aliphatic heterocycles. The van der Waals surface area contributed by atoms with E-state index in [1.807, 2.05) is 48.0 Å². The van der Waals surface area contributed by atoms with Crippen LogP contribution in [0.2, 0.25) is 0 Å². The minimum absolute atomic E-state index is 0. The molecule has 0 aromatic heterocycles. The molecular formula is C50H87ClN6O15SY-2. The number of aliphatic hydroxyl groups excluding tert-OH is 1. The van der Waals surface area contributed by atoms with Crippen LogP contribution in [0.25, 0.3) is 0 Å². The summed E-state index contributed by atoms with van der Waals surface area (Å²) in [7, 11) is 0. The Balaban J connectivity index is -0.00000477. The maximum absolute atomic E-state index is 14.0. The fourth-order valence-electron chi connectivity index (χ4n) is 6.85. The van der Waals surface area contributed by atoms with Gasteiger partial charge in [0, 0.05) is 95.1 Å². The van der Waals surface area contributed by atoms with Crippen molar-refractivity contribution >= 4 is 89.0 Å². The molecule has 1 radical (unpaired) electrons. The number of carboxylic acid groups (broad SMARTS) is 1. The van der Waals surface area contributed by atoms with E-state index in [4.69, 9.17) is 26.7 Å². The summed E-state index contributed by atoms with van der Waals surface area (Å²) in [6.45, 7) is 15.9. The van der Waals surface area contributed by atoms with E-state index in [0.29, 0.717) is 44.1 Å². The van der Waals surface area contributed by atoms with E-state index in [0.717, 1.165) is 24.6 Å². The van der Waals surface area contributed by atoms with Gasteiger partial charge in [0.2, 0.25) is 29.5 Å². The molecule has 425 valence electrons. The number of primary amides is 2. The molecule has 0 heterocycles. The van der Waals surface area contributed by atoms with Gasteiger partial charge in [0.15, 0.2) is 17.3 Å². The van der Waals surface area contributed by atoms with Gasteiger partial charge in [0.25, 0.3) is 5.97 Å². The van der Waals surface area contributed by atoms with Crippen molar-refractivity contribution in [2.75, 3.05) is 31.3 Å². The number of Topliss-reactive ketones (excluding diaryl/α,β-unsaturated/α-hetero) is 3. The molecule has 0 aromatic carbocycles. The summed E-state index contributed by atoms with van der Waals surface area (Å²) < 4.78 is 10.8.